The van der Waals surface area contributed by atoms with Crippen LogP contribution < -0.4 is 11.1 Å². The number of halogens is 1. The Morgan fingerprint density at radius 1 is 1.19 bits per heavy atom. The number of hydrogen-bond acceptors (Lipinski definition) is 4. The average Bonchev–Trinajstić information content (AvgIpc) is 2.49. The van der Waals surface area contributed by atoms with Crippen molar-refractivity contribution >= 4 is 17.4 Å². The smallest absolute Gasteiger partial charge is 0.259 e. The Bertz CT molecular complexity index is 716. The molecule has 7 heteroatoms. The second-order valence-corrected chi connectivity index (χ2v) is 4.15. The standard InChI is InChI=1S/C14H12FN3O3/c15-8-5-6-12(19)10(7-8)14(20)17-11-4-2-1-3-9(11)13(16)18-21/h1-7,19,21H,(H2,16,18)(H,17,20). The van der Waals surface area contributed by atoms with E-state index in [0.717, 1.165) is 18.2 Å². The lowest BCUT2D eigenvalue weighted by Gasteiger charge is -2.10. The second-order valence-electron chi connectivity index (χ2n) is 4.15. The van der Waals surface area contributed by atoms with Gasteiger partial charge < -0.3 is 21.4 Å². The van der Waals surface area contributed by atoms with Crippen LogP contribution >= 0.6 is 0 Å². The molecule has 0 aliphatic rings. The molecule has 5 N–H and O–H groups in total. The number of nitrogens with two attached hydrogens (primary N) is 1. The second kappa shape index (κ2) is 5.91. The highest BCUT2D eigenvalue weighted by Crippen LogP contribution is 2.21. The number of aromatic hydroxyl groups is 1. The number of phenolic OH excluding ortho intramolecular Hbond substituents is 1. The molecule has 0 aliphatic heterocycles. The molecule has 6 nitrogen and oxygen atoms in total. The van der Waals surface area contributed by atoms with Gasteiger partial charge in [0, 0.05) is 5.56 Å². The number of para-hydroxylation sites is 1. The summed E-state index contributed by atoms with van der Waals surface area (Å²) in [6.07, 6.45) is 0. The molecule has 2 aromatic rings. The number of carbonyl (C=O) groups is 1. The summed E-state index contributed by atoms with van der Waals surface area (Å²) in [6.45, 7) is 0. The van der Waals surface area contributed by atoms with Gasteiger partial charge in [0.25, 0.3) is 5.91 Å². The molecule has 2 rings (SSSR count). The number of amides is 1. The van der Waals surface area contributed by atoms with Crippen LogP contribution in [-0.2, 0) is 0 Å². The third-order valence-electron chi connectivity index (χ3n) is 2.76. The van der Waals surface area contributed by atoms with Gasteiger partial charge in [0.2, 0.25) is 0 Å². The zero-order valence-corrected chi connectivity index (χ0v) is 10.7. The summed E-state index contributed by atoms with van der Waals surface area (Å²) in [4.78, 5) is 12.1. The normalized spacial score (nSPS) is 11.2. The van der Waals surface area contributed by atoms with Gasteiger partial charge in [-0.05, 0) is 30.3 Å². The number of amidine groups is 1. The van der Waals surface area contributed by atoms with Crippen molar-refractivity contribution in [3.63, 3.8) is 0 Å². The quantitative estimate of drug-likeness (QED) is 0.299. The van der Waals surface area contributed by atoms with Crippen molar-refractivity contribution in [2.75, 3.05) is 5.32 Å². The highest BCUT2D eigenvalue weighted by Gasteiger charge is 2.15. The van der Waals surface area contributed by atoms with Crippen molar-refractivity contribution in [3.8, 4) is 5.75 Å². The van der Waals surface area contributed by atoms with E-state index in [2.05, 4.69) is 10.5 Å². The topological polar surface area (TPSA) is 108 Å². The minimum absolute atomic E-state index is 0.186. The molecule has 0 unspecified atom stereocenters. The summed E-state index contributed by atoms with van der Waals surface area (Å²) in [6, 6.07) is 9.38. The zero-order valence-electron chi connectivity index (χ0n) is 10.7. The number of oxime groups is 1. The van der Waals surface area contributed by atoms with Crippen LogP contribution in [-0.4, -0.2) is 22.1 Å². The van der Waals surface area contributed by atoms with Gasteiger partial charge in [-0.3, -0.25) is 4.79 Å². The van der Waals surface area contributed by atoms with Crippen molar-refractivity contribution in [1.29, 1.82) is 0 Å². The molecule has 0 bridgehead atoms. The SMILES string of the molecule is N/C(=N/O)c1ccccc1NC(=O)c1cc(F)ccc1O. The summed E-state index contributed by atoms with van der Waals surface area (Å²) in [5, 5.41) is 23.6. The molecule has 1 amide bonds. The minimum Gasteiger partial charge on any atom is -0.507 e. The minimum atomic E-state index is -0.717. The summed E-state index contributed by atoms with van der Waals surface area (Å²) in [5.74, 6) is -1.91. The highest BCUT2D eigenvalue weighted by atomic mass is 19.1. The van der Waals surface area contributed by atoms with Crippen molar-refractivity contribution in [1.82, 2.24) is 0 Å². The average molecular weight is 289 g/mol. The van der Waals surface area contributed by atoms with Crippen molar-refractivity contribution < 1.29 is 19.5 Å². The predicted octanol–water partition coefficient (Wildman–Crippen LogP) is 1.88. The molecule has 2 aromatic carbocycles. The van der Waals surface area contributed by atoms with Gasteiger partial charge >= 0.3 is 0 Å². The van der Waals surface area contributed by atoms with E-state index in [1.807, 2.05) is 0 Å². The zero-order chi connectivity index (χ0) is 15.4. The highest BCUT2D eigenvalue weighted by molar-refractivity contribution is 6.10. The summed E-state index contributed by atoms with van der Waals surface area (Å²) in [7, 11) is 0. The molecule has 0 radical (unpaired) electrons. The van der Waals surface area contributed by atoms with E-state index in [-0.39, 0.29) is 22.8 Å². The van der Waals surface area contributed by atoms with Crippen LogP contribution in [0.2, 0.25) is 0 Å². The molecule has 0 fully saturated rings. The van der Waals surface area contributed by atoms with Gasteiger partial charge in [-0.2, -0.15) is 0 Å². The lowest BCUT2D eigenvalue weighted by atomic mass is 10.1. The Balaban J connectivity index is 2.34. The van der Waals surface area contributed by atoms with E-state index in [4.69, 9.17) is 10.9 Å². The molecular weight excluding hydrogens is 277 g/mol. The Hall–Kier alpha value is -3.09. The molecule has 0 aliphatic carbocycles. The van der Waals surface area contributed by atoms with Gasteiger partial charge in [-0.15, -0.1) is 0 Å². The maximum atomic E-state index is 13.1. The number of rotatable bonds is 3. The molecule has 0 saturated carbocycles. The first-order valence-electron chi connectivity index (χ1n) is 5.89. The lowest BCUT2D eigenvalue weighted by Crippen LogP contribution is -2.19. The van der Waals surface area contributed by atoms with E-state index in [9.17, 15) is 14.3 Å². The third kappa shape index (κ3) is 3.08. The molecule has 0 aromatic heterocycles. The van der Waals surface area contributed by atoms with Gasteiger partial charge in [0.1, 0.15) is 11.6 Å². The third-order valence-corrected chi connectivity index (χ3v) is 2.76. The fraction of sp³-hybridized carbons (Fsp3) is 0. The Labute approximate surface area is 119 Å². The fourth-order valence-corrected chi connectivity index (χ4v) is 1.75. The monoisotopic (exact) mass is 289 g/mol. The summed E-state index contributed by atoms with van der Waals surface area (Å²) >= 11 is 0. The Kier molecular flexibility index (Phi) is 4.03. The van der Waals surface area contributed by atoms with E-state index in [1.165, 1.54) is 12.1 Å². The maximum Gasteiger partial charge on any atom is 0.259 e. The number of hydrogen-bond donors (Lipinski definition) is 4. The van der Waals surface area contributed by atoms with Crippen LogP contribution in [0.5, 0.6) is 5.75 Å². The largest absolute Gasteiger partial charge is 0.507 e. The molecule has 0 spiro atoms. The van der Waals surface area contributed by atoms with Crippen molar-refractivity contribution in [3.05, 3.63) is 59.4 Å². The predicted molar refractivity (Wildman–Crippen MR) is 75.0 cm³/mol. The van der Waals surface area contributed by atoms with Crippen LogP contribution in [0.25, 0.3) is 0 Å². The van der Waals surface area contributed by atoms with Crippen LogP contribution in [0.3, 0.4) is 0 Å². The van der Waals surface area contributed by atoms with Gasteiger partial charge in [0.15, 0.2) is 5.84 Å². The first kappa shape index (κ1) is 14.3. The molecule has 0 saturated heterocycles. The number of anilines is 1. The molecular formula is C14H12FN3O3. The Morgan fingerprint density at radius 3 is 2.62 bits per heavy atom. The van der Waals surface area contributed by atoms with E-state index in [0.29, 0.717) is 5.56 Å². The summed E-state index contributed by atoms with van der Waals surface area (Å²) in [5.41, 5.74) is 5.85. The molecule has 0 atom stereocenters. The van der Waals surface area contributed by atoms with Crippen molar-refractivity contribution in [2.24, 2.45) is 10.9 Å². The lowest BCUT2D eigenvalue weighted by molar-refractivity contribution is 0.102. The molecule has 0 heterocycles. The van der Waals surface area contributed by atoms with Crippen molar-refractivity contribution in [2.45, 2.75) is 0 Å². The fourth-order valence-electron chi connectivity index (χ4n) is 1.75. The molecule has 108 valence electrons. The van der Waals surface area contributed by atoms with Gasteiger partial charge in [0.05, 0.1) is 11.3 Å². The van der Waals surface area contributed by atoms with Crippen LogP contribution in [0.1, 0.15) is 15.9 Å². The number of phenols is 1. The summed E-state index contributed by atoms with van der Waals surface area (Å²) < 4.78 is 13.1. The van der Waals surface area contributed by atoms with Crippen LogP contribution in [0, 0.1) is 5.82 Å². The van der Waals surface area contributed by atoms with Gasteiger partial charge in [-0.25, -0.2) is 4.39 Å². The first-order valence-corrected chi connectivity index (χ1v) is 5.89. The molecule has 21 heavy (non-hydrogen) atoms. The number of nitrogens with zero attached hydrogens (tertiary/aromatic N) is 1. The number of carbonyl (C=O) groups excluding carboxylic acids is 1. The number of benzene rings is 2. The van der Waals surface area contributed by atoms with E-state index >= 15 is 0 Å². The number of nitrogens with one attached hydrogen (secondary N) is 1. The van der Waals surface area contributed by atoms with E-state index in [1.54, 1.807) is 12.1 Å². The van der Waals surface area contributed by atoms with Crippen LogP contribution in [0.15, 0.2) is 47.6 Å². The van der Waals surface area contributed by atoms with E-state index < -0.39 is 11.7 Å². The Morgan fingerprint density at radius 2 is 1.90 bits per heavy atom. The van der Waals surface area contributed by atoms with Crippen LogP contribution in [0.4, 0.5) is 10.1 Å². The first-order chi connectivity index (χ1) is 10.0. The van der Waals surface area contributed by atoms with Gasteiger partial charge in [-0.1, -0.05) is 17.3 Å². The maximum absolute atomic E-state index is 13.1.